The Hall–Kier alpha value is -1.56. The second-order valence-electron chi connectivity index (χ2n) is 7.64. The van der Waals surface area contributed by atoms with E-state index in [0.717, 1.165) is 18.9 Å². The molecule has 0 unspecified atom stereocenters. The van der Waals surface area contributed by atoms with Crippen LogP contribution in [-0.4, -0.2) is 46.5 Å². The molecule has 5 nitrogen and oxygen atoms in total. The van der Waals surface area contributed by atoms with E-state index in [1.54, 1.807) is 7.05 Å². The highest BCUT2D eigenvalue weighted by Gasteiger charge is 2.20. The van der Waals surface area contributed by atoms with Gasteiger partial charge in [0.05, 0.1) is 5.75 Å². The second kappa shape index (κ2) is 9.22. The number of guanidine groups is 1. The molecule has 0 amide bonds. The van der Waals surface area contributed by atoms with E-state index in [1.165, 1.54) is 22.9 Å². The van der Waals surface area contributed by atoms with Crippen molar-refractivity contribution in [3.63, 3.8) is 0 Å². The van der Waals surface area contributed by atoms with Crippen LogP contribution in [0.2, 0.25) is 0 Å². The molecule has 0 radical (unpaired) electrons. The lowest BCUT2D eigenvalue weighted by Crippen LogP contribution is -2.43. The fourth-order valence-corrected chi connectivity index (χ4v) is 3.56. The van der Waals surface area contributed by atoms with Gasteiger partial charge in [0.25, 0.3) is 0 Å². The number of aliphatic imine (C=N–C) groups is 1. The Labute approximate surface area is 153 Å². The number of hydrogen-bond donors (Lipinski definition) is 2. The predicted octanol–water partition coefficient (Wildman–Crippen LogP) is 2.47. The van der Waals surface area contributed by atoms with E-state index >= 15 is 0 Å². The van der Waals surface area contributed by atoms with Gasteiger partial charge in [0, 0.05) is 26.4 Å². The number of hydrogen-bond acceptors (Lipinski definition) is 3. The molecule has 25 heavy (non-hydrogen) atoms. The van der Waals surface area contributed by atoms with Crippen molar-refractivity contribution in [3.8, 4) is 0 Å². The quantitative estimate of drug-likeness (QED) is 0.547. The van der Waals surface area contributed by atoms with Crippen molar-refractivity contribution in [2.24, 2.45) is 10.4 Å². The van der Waals surface area contributed by atoms with Crippen LogP contribution in [0.4, 0.5) is 0 Å². The van der Waals surface area contributed by atoms with Crippen molar-refractivity contribution in [3.05, 3.63) is 34.9 Å². The molecule has 0 saturated carbocycles. The van der Waals surface area contributed by atoms with Crippen LogP contribution in [0.15, 0.2) is 23.2 Å². The largest absolute Gasteiger partial charge is 0.356 e. The fraction of sp³-hybridized carbons (Fsp3) is 0.632. The molecular weight excluding hydrogens is 334 g/mol. The zero-order valence-electron chi connectivity index (χ0n) is 16.4. The summed E-state index contributed by atoms with van der Waals surface area (Å²) in [6.07, 6.45) is 2.84. The zero-order valence-corrected chi connectivity index (χ0v) is 17.3. The van der Waals surface area contributed by atoms with Gasteiger partial charge >= 0.3 is 0 Å². The smallest absolute Gasteiger partial charge is 0.191 e. The number of aryl methyl sites for hydroxylation is 2. The molecule has 0 heterocycles. The monoisotopic (exact) mass is 367 g/mol. The van der Waals surface area contributed by atoms with Crippen molar-refractivity contribution in [1.29, 1.82) is 0 Å². The molecule has 142 valence electrons. The Balaban J connectivity index is 2.44. The van der Waals surface area contributed by atoms with Crippen molar-refractivity contribution in [2.75, 3.05) is 32.1 Å². The van der Waals surface area contributed by atoms with Gasteiger partial charge in [0.15, 0.2) is 5.96 Å². The maximum atomic E-state index is 11.3. The molecule has 0 aromatic heterocycles. The summed E-state index contributed by atoms with van der Waals surface area (Å²) in [4.78, 5) is 4.24. The van der Waals surface area contributed by atoms with Gasteiger partial charge in [0.2, 0.25) is 0 Å². The molecule has 0 aliphatic rings. The zero-order chi connectivity index (χ0) is 19.1. The Morgan fingerprint density at radius 2 is 1.72 bits per heavy atom. The molecule has 0 spiro atoms. The molecule has 1 rings (SSSR count). The van der Waals surface area contributed by atoms with Gasteiger partial charge in [-0.05, 0) is 37.7 Å². The van der Waals surface area contributed by atoms with Crippen LogP contribution in [0.3, 0.4) is 0 Å². The average Bonchev–Trinajstić information content (AvgIpc) is 2.47. The van der Waals surface area contributed by atoms with Gasteiger partial charge in [-0.3, -0.25) is 4.99 Å². The Kier molecular flexibility index (Phi) is 7.93. The van der Waals surface area contributed by atoms with Gasteiger partial charge in [0.1, 0.15) is 9.84 Å². The molecule has 1 aromatic rings. The Morgan fingerprint density at radius 3 is 2.24 bits per heavy atom. The van der Waals surface area contributed by atoms with Gasteiger partial charge in [-0.15, -0.1) is 0 Å². The highest BCUT2D eigenvalue weighted by Crippen LogP contribution is 2.19. The minimum absolute atomic E-state index is 0.117. The molecule has 0 bridgehead atoms. The predicted molar refractivity (Wildman–Crippen MR) is 107 cm³/mol. The van der Waals surface area contributed by atoms with E-state index < -0.39 is 9.84 Å². The molecule has 0 aliphatic heterocycles. The van der Waals surface area contributed by atoms with Crippen LogP contribution in [0.25, 0.3) is 0 Å². The van der Waals surface area contributed by atoms with Crippen molar-refractivity contribution >= 4 is 15.8 Å². The minimum Gasteiger partial charge on any atom is -0.356 e. The topological polar surface area (TPSA) is 70.6 Å². The van der Waals surface area contributed by atoms with Gasteiger partial charge in [-0.2, -0.15) is 0 Å². The summed E-state index contributed by atoms with van der Waals surface area (Å²) in [5.74, 6) is 0.956. The minimum atomic E-state index is -2.93. The normalized spacial score (nSPS) is 13.0. The van der Waals surface area contributed by atoms with Crippen LogP contribution in [-0.2, 0) is 16.3 Å². The first-order chi connectivity index (χ1) is 11.5. The Morgan fingerprint density at radius 1 is 1.12 bits per heavy atom. The average molecular weight is 368 g/mol. The lowest BCUT2D eigenvalue weighted by molar-refractivity contribution is 0.348. The van der Waals surface area contributed by atoms with E-state index in [0.29, 0.717) is 13.0 Å². The van der Waals surface area contributed by atoms with E-state index in [1.807, 2.05) is 0 Å². The van der Waals surface area contributed by atoms with E-state index in [4.69, 9.17) is 0 Å². The third-order valence-corrected chi connectivity index (χ3v) is 5.04. The van der Waals surface area contributed by atoms with Crippen LogP contribution in [0.1, 0.15) is 37.0 Å². The summed E-state index contributed by atoms with van der Waals surface area (Å²) in [5, 5.41) is 6.62. The second-order valence-corrected chi connectivity index (χ2v) is 9.90. The summed E-state index contributed by atoms with van der Waals surface area (Å²) in [6.45, 7) is 9.83. The third kappa shape index (κ3) is 9.48. The van der Waals surface area contributed by atoms with Crippen molar-refractivity contribution < 1.29 is 8.42 Å². The van der Waals surface area contributed by atoms with Crippen molar-refractivity contribution in [2.45, 2.75) is 40.5 Å². The summed E-state index contributed by atoms with van der Waals surface area (Å²) in [6, 6.07) is 6.59. The van der Waals surface area contributed by atoms with Crippen molar-refractivity contribution in [1.82, 2.24) is 10.6 Å². The molecule has 6 heteroatoms. The number of benzene rings is 1. The first kappa shape index (κ1) is 21.5. The number of nitrogens with one attached hydrogen (secondary N) is 2. The maximum Gasteiger partial charge on any atom is 0.191 e. The van der Waals surface area contributed by atoms with Crippen LogP contribution >= 0.6 is 0 Å². The molecule has 1 aromatic carbocycles. The first-order valence-electron chi connectivity index (χ1n) is 8.70. The van der Waals surface area contributed by atoms with Crippen LogP contribution in [0, 0.1) is 19.3 Å². The molecular formula is C19H33N3O2S. The number of rotatable bonds is 8. The number of nitrogens with zero attached hydrogens (tertiary/aromatic N) is 1. The van der Waals surface area contributed by atoms with Crippen LogP contribution < -0.4 is 10.6 Å². The lowest BCUT2D eigenvalue weighted by Gasteiger charge is -2.25. The molecule has 0 saturated heterocycles. The first-order valence-corrected chi connectivity index (χ1v) is 10.8. The molecule has 0 fully saturated rings. The van der Waals surface area contributed by atoms with Gasteiger partial charge in [-0.25, -0.2) is 8.42 Å². The fourth-order valence-electron chi connectivity index (χ4n) is 2.63. The molecule has 0 atom stereocenters. The Bertz CT molecular complexity index is 674. The standard InChI is InChI=1S/C19H33N3O2S/c1-15-11-16(2)13-17(12-15)7-9-21-18(20-5)22-14-19(3,4)8-10-25(6,23)24/h11-13H,7-10,14H2,1-6H3,(H2,20,21,22). The third-order valence-electron chi connectivity index (χ3n) is 4.10. The van der Waals surface area contributed by atoms with E-state index in [2.05, 4.69) is 61.5 Å². The summed E-state index contributed by atoms with van der Waals surface area (Å²) in [5.41, 5.74) is 3.76. The van der Waals surface area contributed by atoms with Crippen LogP contribution in [0.5, 0.6) is 0 Å². The summed E-state index contributed by atoms with van der Waals surface area (Å²) >= 11 is 0. The number of sulfone groups is 1. The highest BCUT2D eigenvalue weighted by molar-refractivity contribution is 7.90. The van der Waals surface area contributed by atoms with Gasteiger partial charge < -0.3 is 10.6 Å². The molecule has 2 N–H and O–H groups in total. The SMILES string of the molecule is CN=C(NCCc1cc(C)cc(C)c1)NCC(C)(C)CCS(C)(=O)=O. The summed E-state index contributed by atoms with van der Waals surface area (Å²) < 4.78 is 22.7. The lowest BCUT2D eigenvalue weighted by atomic mass is 9.90. The van der Waals surface area contributed by atoms with Gasteiger partial charge in [-0.1, -0.05) is 43.2 Å². The van der Waals surface area contributed by atoms with E-state index in [-0.39, 0.29) is 11.2 Å². The molecule has 0 aliphatic carbocycles. The summed E-state index contributed by atoms with van der Waals surface area (Å²) in [7, 11) is -1.18. The highest BCUT2D eigenvalue weighted by atomic mass is 32.2. The maximum absolute atomic E-state index is 11.3. The van der Waals surface area contributed by atoms with E-state index in [9.17, 15) is 8.42 Å².